The lowest BCUT2D eigenvalue weighted by atomic mass is 10.1. The van der Waals surface area contributed by atoms with Crippen molar-refractivity contribution < 1.29 is 9.84 Å². The third-order valence-corrected chi connectivity index (χ3v) is 1.87. The number of rotatable bonds is 2. The average molecular weight is 170 g/mol. The van der Waals surface area contributed by atoms with Crippen LogP contribution in [-0.4, -0.2) is 37.0 Å². The number of hydrogen-bond acceptors (Lipinski definition) is 4. The van der Waals surface area contributed by atoms with E-state index in [9.17, 15) is 5.11 Å². The lowest BCUT2D eigenvalue weighted by Crippen LogP contribution is -2.31. The van der Waals surface area contributed by atoms with Crippen LogP contribution >= 0.6 is 0 Å². The number of allylic oxidation sites excluding steroid dienone is 2. The molecule has 68 valence electrons. The van der Waals surface area contributed by atoms with E-state index in [-0.39, 0.29) is 0 Å². The van der Waals surface area contributed by atoms with Crippen molar-refractivity contribution in [1.82, 2.24) is 4.90 Å². The normalized spacial score (nSPS) is 20.1. The largest absolute Gasteiger partial charge is 0.385 e. The molecule has 0 spiro atoms. The fourth-order valence-corrected chi connectivity index (χ4v) is 1.05. The molecular formula is C8H14N2O2. The van der Waals surface area contributed by atoms with Gasteiger partial charge in [-0.15, -0.1) is 0 Å². The molecule has 0 bridgehead atoms. The molecule has 1 atom stereocenters. The summed E-state index contributed by atoms with van der Waals surface area (Å²) >= 11 is 0. The van der Waals surface area contributed by atoms with Crippen LogP contribution in [0.25, 0.3) is 0 Å². The minimum Gasteiger partial charge on any atom is -0.385 e. The summed E-state index contributed by atoms with van der Waals surface area (Å²) in [5.41, 5.74) is 6.42. The van der Waals surface area contributed by atoms with Gasteiger partial charge in [-0.25, -0.2) is 0 Å². The van der Waals surface area contributed by atoms with Crippen molar-refractivity contribution in [3.63, 3.8) is 0 Å². The zero-order valence-electron chi connectivity index (χ0n) is 7.32. The third kappa shape index (κ3) is 1.78. The summed E-state index contributed by atoms with van der Waals surface area (Å²) in [5.74, 6) is 0.696. The molecule has 3 N–H and O–H groups in total. The summed E-state index contributed by atoms with van der Waals surface area (Å²) in [7, 11) is 3.33. The summed E-state index contributed by atoms with van der Waals surface area (Å²) in [5, 5.41) is 9.30. The van der Waals surface area contributed by atoms with E-state index in [4.69, 9.17) is 10.5 Å². The SMILES string of the molecule is COC(O)C1=CC=C(N)N(C)C1. The zero-order chi connectivity index (χ0) is 9.14. The highest BCUT2D eigenvalue weighted by Gasteiger charge is 2.14. The first-order valence-corrected chi connectivity index (χ1v) is 3.73. The maximum absolute atomic E-state index is 9.30. The fraction of sp³-hybridized carbons (Fsp3) is 0.500. The minimum atomic E-state index is -0.822. The molecule has 1 aliphatic heterocycles. The van der Waals surface area contributed by atoms with Crippen LogP contribution in [0.5, 0.6) is 0 Å². The van der Waals surface area contributed by atoms with Crippen molar-refractivity contribution in [1.29, 1.82) is 0 Å². The summed E-state index contributed by atoms with van der Waals surface area (Å²) in [6.07, 6.45) is 2.71. The number of likely N-dealkylation sites (N-methyl/N-ethyl adjacent to an activating group) is 1. The van der Waals surface area contributed by atoms with Gasteiger partial charge in [0, 0.05) is 26.3 Å². The Kier molecular flexibility index (Phi) is 2.73. The number of aliphatic hydroxyl groups is 1. The maximum atomic E-state index is 9.30. The summed E-state index contributed by atoms with van der Waals surface area (Å²) < 4.78 is 4.76. The summed E-state index contributed by atoms with van der Waals surface area (Å²) in [4.78, 5) is 1.84. The summed E-state index contributed by atoms with van der Waals surface area (Å²) in [6.45, 7) is 0.608. The van der Waals surface area contributed by atoms with E-state index in [0.717, 1.165) is 5.57 Å². The first kappa shape index (κ1) is 9.09. The number of aliphatic hydroxyl groups excluding tert-OH is 1. The van der Waals surface area contributed by atoms with Crippen LogP contribution in [0.1, 0.15) is 0 Å². The van der Waals surface area contributed by atoms with Gasteiger partial charge in [0.2, 0.25) is 0 Å². The van der Waals surface area contributed by atoms with E-state index in [0.29, 0.717) is 12.4 Å². The molecule has 0 aliphatic carbocycles. The van der Waals surface area contributed by atoms with E-state index >= 15 is 0 Å². The number of ether oxygens (including phenoxy) is 1. The van der Waals surface area contributed by atoms with Crippen molar-refractivity contribution in [2.75, 3.05) is 20.7 Å². The number of nitrogens with zero attached hydrogens (tertiary/aromatic N) is 1. The van der Waals surface area contributed by atoms with Gasteiger partial charge in [0.25, 0.3) is 0 Å². The van der Waals surface area contributed by atoms with Gasteiger partial charge in [-0.05, 0) is 6.08 Å². The molecule has 0 aromatic rings. The van der Waals surface area contributed by atoms with Gasteiger partial charge in [-0.2, -0.15) is 0 Å². The Labute approximate surface area is 71.9 Å². The van der Waals surface area contributed by atoms with Crippen LogP contribution in [0, 0.1) is 0 Å². The van der Waals surface area contributed by atoms with Gasteiger partial charge < -0.3 is 20.5 Å². The molecule has 0 aromatic carbocycles. The van der Waals surface area contributed by atoms with Crippen molar-refractivity contribution in [2.45, 2.75) is 6.29 Å². The second-order valence-electron chi connectivity index (χ2n) is 2.78. The Hall–Kier alpha value is -1.00. The van der Waals surface area contributed by atoms with Crippen LogP contribution in [-0.2, 0) is 4.74 Å². The van der Waals surface area contributed by atoms with Gasteiger partial charge in [0.15, 0.2) is 6.29 Å². The molecule has 1 rings (SSSR count). The van der Waals surface area contributed by atoms with E-state index in [1.54, 1.807) is 12.2 Å². The van der Waals surface area contributed by atoms with Crippen LogP contribution in [0.4, 0.5) is 0 Å². The average Bonchev–Trinajstić information content (AvgIpc) is 2.08. The molecule has 1 heterocycles. The minimum absolute atomic E-state index is 0.608. The first-order chi connectivity index (χ1) is 5.65. The molecule has 0 saturated heterocycles. The lowest BCUT2D eigenvalue weighted by Gasteiger charge is -2.26. The Bertz CT molecular complexity index is 223. The second-order valence-corrected chi connectivity index (χ2v) is 2.78. The van der Waals surface area contributed by atoms with Gasteiger partial charge in [-0.1, -0.05) is 6.08 Å². The molecular weight excluding hydrogens is 156 g/mol. The zero-order valence-corrected chi connectivity index (χ0v) is 7.32. The standard InChI is InChI=1S/C8H14N2O2/c1-10-5-6(8(11)12-2)3-4-7(10)9/h3-4,8,11H,5,9H2,1-2H3. The molecule has 0 amide bonds. The van der Waals surface area contributed by atoms with Crippen molar-refractivity contribution >= 4 is 0 Å². The number of hydrogen-bond donors (Lipinski definition) is 2. The number of nitrogens with two attached hydrogens (primary N) is 1. The molecule has 0 saturated carbocycles. The van der Waals surface area contributed by atoms with Gasteiger partial charge in [0.05, 0.1) is 5.82 Å². The molecule has 12 heavy (non-hydrogen) atoms. The quantitative estimate of drug-likeness (QED) is 0.555. The van der Waals surface area contributed by atoms with Crippen LogP contribution in [0.2, 0.25) is 0 Å². The maximum Gasteiger partial charge on any atom is 0.178 e. The van der Waals surface area contributed by atoms with Gasteiger partial charge >= 0.3 is 0 Å². The highest BCUT2D eigenvalue weighted by atomic mass is 16.6. The highest BCUT2D eigenvalue weighted by molar-refractivity contribution is 5.23. The van der Waals surface area contributed by atoms with Crippen molar-refractivity contribution in [3.05, 3.63) is 23.5 Å². The van der Waals surface area contributed by atoms with Crippen LogP contribution < -0.4 is 5.73 Å². The Morgan fingerprint density at radius 1 is 1.67 bits per heavy atom. The first-order valence-electron chi connectivity index (χ1n) is 3.73. The Balaban J connectivity index is 2.70. The Morgan fingerprint density at radius 2 is 2.33 bits per heavy atom. The molecule has 1 aliphatic rings. The topological polar surface area (TPSA) is 58.7 Å². The molecule has 0 radical (unpaired) electrons. The van der Waals surface area contributed by atoms with E-state index in [2.05, 4.69) is 0 Å². The van der Waals surface area contributed by atoms with Crippen LogP contribution in [0.3, 0.4) is 0 Å². The lowest BCUT2D eigenvalue weighted by molar-refractivity contribution is -0.0478. The van der Waals surface area contributed by atoms with Crippen LogP contribution in [0.15, 0.2) is 23.5 Å². The number of methoxy groups -OCH3 is 1. The molecule has 4 heteroatoms. The Morgan fingerprint density at radius 3 is 2.83 bits per heavy atom. The van der Waals surface area contributed by atoms with Crippen molar-refractivity contribution in [3.8, 4) is 0 Å². The van der Waals surface area contributed by atoms with E-state index in [1.165, 1.54) is 7.11 Å². The summed E-state index contributed by atoms with van der Waals surface area (Å²) in [6, 6.07) is 0. The van der Waals surface area contributed by atoms with E-state index < -0.39 is 6.29 Å². The molecule has 4 nitrogen and oxygen atoms in total. The smallest absolute Gasteiger partial charge is 0.178 e. The predicted octanol–water partition coefficient (Wildman–Crippen LogP) is -0.377. The fourth-order valence-electron chi connectivity index (χ4n) is 1.05. The van der Waals surface area contributed by atoms with Crippen molar-refractivity contribution in [2.24, 2.45) is 5.73 Å². The highest BCUT2D eigenvalue weighted by Crippen LogP contribution is 2.12. The predicted molar refractivity (Wildman–Crippen MR) is 46.0 cm³/mol. The monoisotopic (exact) mass is 170 g/mol. The third-order valence-electron chi connectivity index (χ3n) is 1.87. The molecule has 0 fully saturated rings. The second kappa shape index (κ2) is 3.60. The van der Waals surface area contributed by atoms with Gasteiger partial charge in [-0.3, -0.25) is 0 Å². The molecule has 0 aromatic heterocycles. The van der Waals surface area contributed by atoms with E-state index in [1.807, 2.05) is 11.9 Å². The molecule has 1 unspecified atom stereocenters. The van der Waals surface area contributed by atoms with Gasteiger partial charge in [0.1, 0.15) is 0 Å².